The van der Waals surface area contributed by atoms with E-state index in [9.17, 15) is 0 Å². The van der Waals surface area contributed by atoms with Crippen LogP contribution in [-0.2, 0) is 0 Å². The summed E-state index contributed by atoms with van der Waals surface area (Å²) in [5, 5.41) is 7.12. The van der Waals surface area contributed by atoms with Gasteiger partial charge in [-0.2, -0.15) is 0 Å². The molecule has 102 valence electrons. The zero-order chi connectivity index (χ0) is 12.8. The fourth-order valence-corrected chi connectivity index (χ4v) is 2.51. The van der Waals surface area contributed by atoms with Crippen LogP contribution >= 0.6 is 0 Å². The maximum absolute atomic E-state index is 5.50. The molecule has 0 aromatic carbocycles. The first-order chi connectivity index (χ1) is 8.77. The van der Waals surface area contributed by atoms with Crippen LogP contribution in [0.1, 0.15) is 31.1 Å². The fourth-order valence-electron chi connectivity index (χ4n) is 2.51. The topological polar surface area (TPSA) is 40.4 Å². The molecular weight excluding hydrogens is 226 g/mol. The van der Waals surface area contributed by atoms with Gasteiger partial charge in [0, 0.05) is 19.1 Å². The summed E-state index contributed by atoms with van der Waals surface area (Å²) in [5.41, 5.74) is 0. The Morgan fingerprint density at radius 2 is 2.39 bits per heavy atom. The van der Waals surface area contributed by atoms with Gasteiger partial charge in [0.15, 0.2) is 0 Å². The minimum Gasteiger partial charge on any atom is -0.468 e. The number of hydrogen-bond acceptors (Lipinski definition) is 4. The van der Waals surface area contributed by atoms with E-state index >= 15 is 0 Å². The van der Waals surface area contributed by atoms with Gasteiger partial charge in [0.05, 0.1) is 12.3 Å². The third-order valence-electron chi connectivity index (χ3n) is 3.64. The number of furan rings is 1. The smallest absolute Gasteiger partial charge is 0.122 e. The van der Waals surface area contributed by atoms with Gasteiger partial charge < -0.3 is 15.1 Å². The normalized spacial score (nSPS) is 22.3. The van der Waals surface area contributed by atoms with Crippen LogP contribution in [0, 0.1) is 0 Å². The summed E-state index contributed by atoms with van der Waals surface area (Å²) in [5.74, 6) is 1.03. The lowest BCUT2D eigenvalue weighted by Crippen LogP contribution is -2.43. The molecule has 0 radical (unpaired) electrons. The third-order valence-corrected chi connectivity index (χ3v) is 3.64. The molecule has 0 spiro atoms. The third kappa shape index (κ3) is 3.83. The summed E-state index contributed by atoms with van der Waals surface area (Å²) in [4.78, 5) is 2.19. The number of hydrogen-bond donors (Lipinski definition) is 2. The second kappa shape index (κ2) is 6.92. The van der Waals surface area contributed by atoms with E-state index in [1.807, 2.05) is 12.1 Å². The van der Waals surface area contributed by atoms with Gasteiger partial charge in [-0.1, -0.05) is 6.42 Å². The number of rotatable bonds is 6. The molecule has 4 heteroatoms. The highest BCUT2D eigenvalue weighted by atomic mass is 16.3. The molecule has 2 N–H and O–H groups in total. The van der Waals surface area contributed by atoms with E-state index in [-0.39, 0.29) is 0 Å². The molecule has 2 atom stereocenters. The Bertz CT molecular complexity index is 318. The quantitative estimate of drug-likeness (QED) is 0.806. The van der Waals surface area contributed by atoms with E-state index in [1.54, 1.807) is 6.26 Å². The van der Waals surface area contributed by atoms with E-state index in [4.69, 9.17) is 4.42 Å². The first kappa shape index (κ1) is 13.6. The standard InChI is InChI=1S/C14H25N3O/c1-17(2)13(14-7-5-9-18-14)11-15-10-12-6-3-4-8-16-12/h5,7,9,12-13,15-16H,3-4,6,8,10-11H2,1-2H3. The van der Waals surface area contributed by atoms with Crippen molar-refractivity contribution in [2.24, 2.45) is 0 Å². The van der Waals surface area contributed by atoms with E-state index in [0.717, 1.165) is 18.8 Å². The summed E-state index contributed by atoms with van der Waals surface area (Å²) >= 11 is 0. The lowest BCUT2D eigenvalue weighted by molar-refractivity contribution is 0.246. The molecule has 0 bridgehead atoms. The molecule has 2 unspecified atom stereocenters. The fraction of sp³-hybridized carbons (Fsp3) is 0.714. The van der Waals surface area contributed by atoms with Crippen molar-refractivity contribution >= 4 is 0 Å². The van der Waals surface area contributed by atoms with Crippen LogP contribution in [-0.4, -0.2) is 44.7 Å². The Balaban J connectivity index is 1.76. The summed E-state index contributed by atoms with van der Waals surface area (Å²) in [6, 6.07) is 4.95. The summed E-state index contributed by atoms with van der Waals surface area (Å²) in [6.07, 6.45) is 5.72. The van der Waals surface area contributed by atoms with Crippen LogP contribution in [0.4, 0.5) is 0 Å². The van der Waals surface area contributed by atoms with Gasteiger partial charge in [-0.05, 0) is 45.6 Å². The average Bonchev–Trinajstić information content (AvgIpc) is 2.89. The highest BCUT2D eigenvalue weighted by molar-refractivity contribution is 5.05. The monoisotopic (exact) mass is 251 g/mol. The molecule has 1 aliphatic heterocycles. The van der Waals surface area contributed by atoms with Crippen molar-refractivity contribution < 1.29 is 4.42 Å². The molecule has 1 fully saturated rings. The van der Waals surface area contributed by atoms with Crippen molar-refractivity contribution in [3.63, 3.8) is 0 Å². The van der Waals surface area contributed by atoms with Crippen LogP contribution in [0.2, 0.25) is 0 Å². The van der Waals surface area contributed by atoms with Gasteiger partial charge in [-0.3, -0.25) is 4.90 Å². The first-order valence-electron chi connectivity index (χ1n) is 6.91. The van der Waals surface area contributed by atoms with Gasteiger partial charge in [-0.15, -0.1) is 0 Å². The Labute approximate surface area is 110 Å². The van der Waals surface area contributed by atoms with Crippen LogP contribution < -0.4 is 10.6 Å². The molecule has 18 heavy (non-hydrogen) atoms. The molecule has 4 nitrogen and oxygen atoms in total. The van der Waals surface area contributed by atoms with Crippen molar-refractivity contribution in [2.45, 2.75) is 31.3 Å². The lowest BCUT2D eigenvalue weighted by Gasteiger charge is -2.26. The van der Waals surface area contributed by atoms with E-state index in [2.05, 4.69) is 29.6 Å². The highest BCUT2D eigenvalue weighted by Gasteiger charge is 2.18. The Kier molecular flexibility index (Phi) is 5.23. The molecule has 0 amide bonds. The maximum atomic E-state index is 5.50. The van der Waals surface area contributed by atoms with Crippen LogP contribution in [0.25, 0.3) is 0 Å². The molecule has 1 aromatic heterocycles. The summed E-state index contributed by atoms with van der Waals surface area (Å²) < 4.78 is 5.50. The van der Waals surface area contributed by atoms with E-state index in [1.165, 1.54) is 25.8 Å². The predicted molar refractivity (Wildman–Crippen MR) is 73.6 cm³/mol. The minimum absolute atomic E-state index is 0.309. The largest absolute Gasteiger partial charge is 0.468 e. The van der Waals surface area contributed by atoms with Crippen LogP contribution in [0.15, 0.2) is 22.8 Å². The van der Waals surface area contributed by atoms with Gasteiger partial charge in [0.25, 0.3) is 0 Å². The molecule has 0 aliphatic carbocycles. The highest BCUT2D eigenvalue weighted by Crippen LogP contribution is 2.17. The number of piperidine rings is 1. The number of likely N-dealkylation sites (N-methyl/N-ethyl adjacent to an activating group) is 1. The molecule has 0 saturated carbocycles. The van der Waals surface area contributed by atoms with Gasteiger partial charge >= 0.3 is 0 Å². The molecular formula is C14H25N3O. The Morgan fingerprint density at radius 1 is 1.50 bits per heavy atom. The first-order valence-corrected chi connectivity index (χ1v) is 6.91. The second-order valence-corrected chi connectivity index (χ2v) is 5.30. The molecule has 1 aromatic rings. The summed E-state index contributed by atoms with van der Waals surface area (Å²) in [6.45, 7) is 3.14. The zero-order valence-electron chi connectivity index (χ0n) is 11.5. The SMILES string of the molecule is CN(C)C(CNCC1CCCCN1)c1ccco1. The lowest BCUT2D eigenvalue weighted by atomic mass is 10.1. The van der Waals surface area contributed by atoms with Crippen molar-refractivity contribution in [2.75, 3.05) is 33.7 Å². The molecule has 2 heterocycles. The number of nitrogens with zero attached hydrogens (tertiary/aromatic N) is 1. The Morgan fingerprint density at radius 3 is 3.00 bits per heavy atom. The molecule has 2 rings (SSSR count). The van der Waals surface area contributed by atoms with Gasteiger partial charge in [-0.25, -0.2) is 0 Å². The second-order valence-electron chi connectivity index (χ2n) is 5.30. The van der Waals surface area contributed by atoms with Crippen LogP contribution in [0.5, 0.6) is 0 Å². The van der Waals surface area contributed by atoms with Crippen LogP contribution in [0.3, 0.4) is 0 Å². The van der Waals surface area contributed by atoms with Gasteiger partial charge in [0.1, 0.15) is 5.76 Å². The van der Waals surface area contributed by atoms with Crippen molar-refractivity contribution in [3.05, 3.63) is 24.2 Å². The molecule has 1 saturated heterocycles. The van der Waals surface area contributed by atoms with E-state index < -0.39 is 0 Å². The minimum atomic E-state index is 0.309. The van der Waals surface area contributed by atoms with Gasteiger partial charge in [0.2, 0.25) is 0 Å². The van der Waals surface area contributed by atoms with E-state index in [0.29, 0.717) is 12.1 Å². The van der Waals surface area contributed by atoms with Crippen molar-refractivity contribution in [3.8, 4) is 0 Å². The number of nitrogens with one attached hydrogen (secondary N) is 2. The zero-order valence-corrected chi connectivity index (χ0v) is 11.5. The van der Waals surface area contributed by atoms with Crippen molar-refractivity contribution in [1.29, 1.82) is 0 Å². The maximum Gasteiger partial charge on any atom is 0.122 e. The van der Waals surface area contributed by atoms with Crippen molar-refractivity contribution in [1.82, 2.24) is 15.5 Å². The Hall–Kier alpha value is -0.840. The predicted octanol–water partition coefficient (Wildman–Crippen LogP) is 1.61. The average molecular weight is 251 g/mol. The summed E-state index contributed by atoms with van der Waals surface area (Å²) in [7, 11) is 4.18. The molecule has 1 aliphatic rings.